The Morgan fingerprint density at radius 1 is 1.48 bits per heavy atom. The molecule has 0 fully saturated rings. The number of ether oxygens (including phenoxy) is 2. The zero-order valence-electron chi connectivity index (χ0n) is 12.7. The molecule has 0 bridgehead atoms. The number of carbonyl (C=O) groups is 2. The average Bonchev–Trinajstić information content (AvgIpc) is 2.55. The highest BCUT2D eigenvalue weighted by molar-refractivity contribution is 6.00. The van der Waals surface area contributed by atoms with Crippen molar-refractivity contribution in [3.63, 3.8) is 0 Å². The smallest absolute Gasteiger partial charge is 0.411 e. The summed E-state index contributed by atoms with van der Waals surface area (Å²) >= 11 is 0. The molecule has 1 aliphatic heterocycles. The van der Waals surface area contributed by atoms with Gasteiger partial charge in [0.15, 0.2) is 0 Å². The molecule has 0 saturated carbocycles. The van der Waals surface area contributed by atoms with Gasteiger partial charge in [0.05, 0.1) is 18.2 Å². The highest BCUT2D eigenvalue weighted by Crippen LogP contribution is 2.38. The zero-order chi connectivity index (χ0) is 15.6. The summed E-state index contributed by atoms with van der Waals surface area (Å²) in [5.41, 5.74) is 0.613. The van der Waals surface area contributed by atoms with Crippen LogP contribution in [0.25, 0.3) is 0 Å². The number of carbonyl (C=O) groups excluding carboxylic acids is 2. The van der Waals surface area contributed by atoms with Gasteiger partial charge in [-0.15, -0.1) is 0 Å². The van der Waals surface area contributed by atoms with Crippen molar-refractivity contribution in [1.29, 1.82) is 0 Å². The summed E-state index contributed by atoms with van der Waals surface area (Å²) in [5.74, 6) is 0.630. The number of amides is 2. The molecule has 1 N–H and O–H groups in total. The lowest BCUT2D eigenvalue weighted by molar-refractivity contribution is -0.127. The molecule has 0 aliphatic carbocycles. The molecule has 0 atom stereocenters. The van der Waals surface area contributed by atoms with Gasteiger partial charge in [0.2, 0.25) is 5.91 Å². The summed E-state index contributed by atoms with van der Waals surface area (Å²) in [6.07, 6.45) is -0.556. The van der Waals surface area contributed by atoms with E-state index in [-0.39, 0.29) is 5.91 Å². The summed E-state index contributed by atoms with van der Waals surface area (Å²) in [7, 11) is 1.30. The van der Waals surface area contributed by atoms with Crippen molar-refractivity contribution in [2.24, 2.45) is 5.41 Å². The van der Waals surface area contributed by atoms with E-state index in [0.29, 0.717) is 30.3 Å². The Bertz CT molecular complexity index is 569. The van der Waals surface area contributed by atoms with Crippen molar-refractivity contribution in [2.45, 2.75) is 20.8 Å². The van der Waals surface area contributed by atoms with Crippen LogP contribution in [-0.2, 0) is 9.53 Å². The molecule has 1 heterocycles. The molecule has 2 amide bonds. The van der Waals surface area contributed by atoms with E-state index < -0.39 is 11.5 Å². The number of benzene rings is 1. The molecule has 0 radical (unpaired) electrons. The van der Waals surface area contributed by atoms with Crippen LogP contribution < -0.4 is 15.0 Å². The van der Waals surface area contributed by atoms with Gasteiger partial charge >= 0.3 is 6.09 Å². The van der Waals surface area contributed by atoms with Gasteiger partial charge in [-0.25, -0.2) is 4.79 Å². The first kappa shape index (κ1) is 15.2. The Labute approximate surface area is 124 Å². The fraction of sp³-hybridized carbons (Fsp3) is 0.467. The van der Waals surface area contributed by atoms with E-state index in [9.17, 15) is 9.59 Å². The normalized spacial score (nSPS) is 16.6. The number of hydrogen-bond donors (Lipinski definition) is 1. The summed E-state index contributed by atoms with van der Waals surface area (Å²) < 4.78 is 10.3. The van der Waals surface area contributed by atoms with Crippen LogP contribution in [0.15, 0.2) is 18.2 Å². The van der Waals surface area contributed by atoms with Crippen LogP contribution in [0.3, 0.4) is 0 Å². The molecule has 114 valence electrons. The molecule has 1 aromatic carbocycles. The maximum absolute atomic E-state index is 12.6. The lowest BCUT2D eigenvalue weighted by Gasteiger charge is -2.27. The molecule has 1 aromatic rings. The van der Waals surface area contributed by atoms with Crippen LogP contribution in [0.2, 0.25) is 0 Å². The van der Waals surface area contributed by atoms with Crippen molar-refractivity contribution in [2.75, 3.05) is 30.5 Å². The first-order valence-electron chi connectivity index (χ1n) is 6.83. The summed E-state index contributed by atoms with van der Waals surface area (Å²) in [5, 5.41) is 2.59. The predicted octanol–water partition coefficient (Wildman–Crippen LogP) is 2.64. The molecule has 0 unspecified atom stereocenters. The van der Waals surface area contributed by atoms with Crippen molar-refractivity contribution < 1.29 is 19.1 Å². The summed E-state index contributed by atoms with van der Waals surface area (Å²) in [6.45, 7) is 6.47. The van der Waals surface area contributed by atoms with Crippen LogP contribution in [0.1, 0.15) is 20.8 Å². The number of fused-ring (bicyclic) bond motifs is 1. The monoisotopic (exact) mass is 292 g/mol. The molecule has 0 saturated heterocycles. The predicted molar refractivity (Wildman–Crippen MR) is 79.8 cm³/mol. The van der Waals surface area contributed by atoms with E-state index in [2.05, 4.69) is 10.1 Å². The minimum atomic E-state index is -0.592. The highest BCUT2D eigenvalue weighted by Gasteiger charge is 2.37. The van der Waals surface area contributed by atoms with Gasteiger partial charge in [-0.3, -0.25) is 10.1 Å². The van der Waals surface area contributed by atoms with Gasteiger partial charge in [0.25, 0.3) is 0 Å². The molecule has 0 aromatic heterocycles. The largest absolute Gasteiger partial charge is 0.490 e. The minimum Gasteiger partial charge on any atom is -0.490 e. The van der Waals surface area contributed by atoms with Gasteiger partial charge < -0.3 is 14.4 Å². The van der Waals surface area contributed by atoms with E-state index >= 15 is 0 Å². The van der Waals surface area contributed by atoms with Gasteiger partial charge in [-0.05, 0) is 39.0 Å². The van der Waals surface area contributed by atoms with Crippen LogP contribution in [0, 0.1) is 5.41 Å². The molecule has 6 nitrogen and oxygen atoms in total. The van der Waals surface area contributed by atoms with Gasteiger partial charge in [-0.2, -0.15) is 0 Å². The van der Waals surface area contributed by atoms with E-state index in [1.807, 2.05) is 20.8 Å². The highest BCUT2D eigenvalue weighted by atomic mass is 16.5. The third kappa shape index (κ3) is 2.94. The molecule has 21 heavy (non-hydrogen) atoms. The number of rotatable bonds is 2. The maximum atomic E-state index is 12.6. The average molecular weight is 292 g/mol. The Balaban J connectivity index is 2.41. The number of nitrogens with zero attached hydrogens (tertiary/aromatic N) is 1. The second kappa shape index (κ2) is 5.63. The van der Waals surface area contributed by atoms with Crippen molar-refractivity contribution in [3.8, 4) is 5.75 Å². The molecule has 0 spiro atoms. The van der Waals surface area contributed by atoms with E-state index in [4.69, 9.17) is 4.74 Å². The lowest BCUT2D eigenvalue weighted by Crippen LogP contribution is -2.42. The Kier molecular flexibility index (Phi) is 4.06. The first-order valence-corrected chi connectivity index (χ1v) is 6.83. The molecular weight excluding hydrogens is 272 g/mol. The third-order valence-corrected chi connectivity index (χ3v) is 3.41. The maximum Gasteiger partial charge on any atom is 0.411 e. The zero-order valence-corrected chi connectivity index (χ0v) is 12.7. The van der Waals surface area contributed by atoms with Crippen molar-refractivity contribution >= 4 is 23.4 Å². The quantitative estimate of drug-likeness (QED) is 0.910. The Morgan fingerprint density at radius 3 is 2.81 bits per heavy atom. The van der Waals surface area contributed by atoms with Gasteiger partial charge in [0, 0.05) is 12.2 Å². The minimum absolute atomic E-state index is 0.000956. The second-order valence-electron chi connectivity index (χ2n) is 5.52. The van der Waals surface area contributed by atoms with Crippen LogP contribution in [0.4, 0.5) is 16.2 Å². The van der Waals surface area contributed by atoms with E-state index in [1.165, 1.54) is 7.11 Å². The number of methoxy groups -OCH3 is 1. The fourth-order valence-corrected chi connectivity index (χ4v) is 2.21. The standard InChI is InChI=1S/C15H20N2O4/c1-5-17-11-8-10(16-14(19)20-4)6-7-12(11)21-9-15(2,3)13(17)18/h6-8H,5,9H2,1-4H3,(H,16,19). The van der Waals surface area contributed by atoms with Gasteiger partial charge in [-0.1, -0.05) is 0 Å². The van der Waals surface area contributed by atoms with E-state index in [0.717, 1.165) is 0 Å². The van der Waals surface area contributed by atoms with Crippen LogP contribution in [0.5, 0.6) is 5.75 Å². The number of hydrogen-bond acceptors (Lipinski definition) is 4. The second-order valence-corrected chi connectivity index (χ2v) is 5.52. The van der Waals surface area contributed by atoms with Crippen molar-refractivity contribution in [3.05, 3.63) is 18.2 Å². The third-order valence-electron chi connectivity index (χ3n) is 3.41. The number of nitrogens with one attached hydrogen (secondary N) is 1. The summed E-state index contributed by atoms with van der Waals surface area (Å²) in [6, 6.07) is 5.18. The van der Waals surface area contributed by atoms with Crippen LogP contribution in [-0.4, -0.2) is 32.3 Å². The molecular formula is C15H20N2O4. The SMILES string of the molecule is CCN1C(=O)C(C)(C)COc2ccc(NC(=O)OC)cc21. The first-order chi connectivity index (χ1) is 9.89. The molecule has 2 rings (SSSR count). The molecule has 1 aliphatic rings. The van der Waals surface area contributed by atoms with E-state index in [1.54, 1.807) is 23.1 Å². The molecule has 6 heteroatoms. The topological polar surface area (TPSA) is 67.9 Å². The van der Waals surface area contributed by atoms with Crippen molar-refractivity contribution in [1.82, 2.24) is 0 Å². The van der Waals surface area contributed by atoms with Gasteiger partial charge in [0.1, 0.15) is 12.4 Å². The Morgan fingerprint density at radius 2 is 2.19 bits per heavy atom. The fourth-order valence-electron chi connectivity index (χ4n) is 2.21. The lowest BCUT2D eigenvalue weighted by atomic mass is 9.93. The number of anilines is 2. The summed E-state index contributed by atoms with van der Waals surface area (Å²) in [4.78, 5) is 25.5. The van der Waals surface area contributed by atoms with Crippen LogP contribution >= 0.6 is 0 Å². The Hall–Kier alpha value is -2.24.